The van der Waals surface area contributed by atoms with E-state index in [0.717, 1.165) is 12.8 Å². The van der Waals surface area contributed by atoms with E-state index in [1.165, 1.54) is 0 Å². The second-order valence-corrected chi connectivity index (χ2v) is 5.39. The summed E-state index contributed by atoms with van der Waals surface area (Å²) in [5.41, 5.74) is -1.56. The maximum atomic E-state index is 11.0. The Morgan fingerprint density at radius 1 is 1.41 bits per heavy atom. The van der Waals surface area contributed by atoms with Crippen LogP contribution in [0.15, 0.2) is 12.7 Å². The smallest absolute Gasteiger partial charge is 0.294 e. The predicted octanol–water partition coefficient (Wildman–Crippen LogP) is 1.73. The fraction of sp³-hybridized carbons (Fsp3) is 0.818. The van der Waals surface area contributed by atoms with Crippen LogP contribution in [0.1, 0.15) is 39.0 Å². The molecule has 0 fully saturated rings. The normalized spacial score (nSPS) is 15.5. The summed E-state index contributed by atoms with van der Waals surface area (Å²) in [5, 5.41) is 9.62. The van der Waals surface area contributed by atoms with Gasteiger partial charge in [0.2, 0.25) is 5.44 Å². The van der Waals surface area contributed by atoms with E-state index >= 15 is 0 Å². The van der Waals surface area contributed by atoms with Gasteiger partial charge in [-0.15, -0.1) is 6.58 Å². The molecule has 0 bridgehead atoms. The van der Waals surface area contributed by atoms with E-state index in [0.29, 0.717) is 12.8 Å². The van der Waals surface area contributed by atoms with Crippen LogP contribution in [-0.2, 0) is 14.9 Å². The van der Waals surface area contributed by atoms with E-state index in [4.69, 9.17) is 9.29 Å². The molecule has 0 amide bonds. The van der Waals surface area contributed by atoms with Gasteiger partial charge >= 0.3 is 0 Å². The van der Waals surface area contributed by atoms with Crippen molar-refractivity contribution < 1.29 is 22.8 Å². The van der Waals surface area contributed by atoms with Crippen LogP contribution >= 0.6 is 0 Å². The van der Waals surface area contributed by atoms with Crippen LogP contribution in [0.2, 0.25) is 0 Å². The fourth-order valence-electron chi connectivity index (χ4n) is 1.37. The summed E-state index contributed by atoms with van der Waals surface area (Å²) in [6.07, 6.45) is 3.61. The number of unbranched alkanes of at least 4 members (excludes halogenated alkanes) is 2. The Morgan fingerprint density at radius 3 is 2.53 bits per heavy atom. The van der Waals surface area contributed by atoms with E-state index in [1.807, 2.05) is 6.92 Å². The molecule has 2 N–H and O–H groups in total. The third-order valence-electron chi connectivity index (χ3n) is 2.30. The van der Waals surface area contributed by atoms with E-state index in [1.54, 1.807) is 6.08 Å². The molecule has 0 spiro atoms. The van der Waals surface area contributed by atoms with Gasteiger partial charge in [-0.25, -0.2) is 0 Å². The number of allylic oxidation sites excluding steroid dienone is 1. The molecule has 0 radical (unpaired) electrons. The van der Waals surface area contributed by atoms with Gasteiger partial charge in [-0.05, 0) is 19.3 Å². The Kier molecular flexibility index (Phi) is 8.41. The molecule has 0 aliphatic carbocycles. The molecular formula is C11H22O5S. The summed E-state index contributed by atoms with van der Waals surface area (Å²) >= 11 is 0. The highest BCUT2D eigenvalue weighted by molar-refractivity contribution is 7.86. The first-order valence-corrected chi connectivity index (χ1v) is 7.30. The first-order chi connectivity index (χ1) is 7.93. The Morgan fingerprint density at radius 2 is 2.06 bits per heavy atom. The van der Waals surface area contributed by atoms with Gasteiger partial charge in [-0.3, -0.25) is 4.55 Å². The maximum Gasteiger partial charge on any atom is 0.294 e. The highest BCUT2D eigenvalue weighted by Crippen LogP contribution is 2.13. The average Bonchev–Trinajstić information content (AvgIpc) is 2.24. The molecule has 5 nitrogen and oxygen atoms in total. The second kappa shape index (κ2) is 8.63. The number of aliphatic hydroxyl groups is 1. The summed E-state index contributed by atoms with van der Waals surface area (Å²) in [7, 11) is -4.39. The van der Waals surface area contributed by atoms with Gasteiger partial charge in [0.05, 0.1) is 6.10 Å². The first-order valence-electron chi connectivity index (χ1n) is 5.80. The highest BCUT2D eigenvalue weighted by Gasteiger charge is 2.31. The van der Waals surface area contributed by atoms with E-state index in [-0.39, 0.29) is 13.0 Å². The lowest BCUT2D eigenvalue weighted by Crippen LogP contribution is -2.36. The number of hydrogen-bond acceptors (Lipinski definition) is 4. The van der Waals surface area contributed by atoms with Gasteiger partial charge in [-0.1, -0.05) is 25.8 Å². The zero-order valence-electron chi connectivity index (χ0n) is 10.2. The Hall–Kier alpha value is -0.430. The van der Waals surface area contributed by atoms with Crippen LogP contribution in [0.25, 0.3) is 0 Å². The van der Waals surface area contributed by atoms with Crippen LogP contribution in [0.3, 0.4) is 0 Å². The average molecular weight is 266 g/mol. The van der Waals surface area contributed by atoms with Crippen molar-refractivity contribution in [3.8, 4) is 0 Å². The lowest BCUT2D eigenvalue weighted by atomic mass is 10.2. The Bertz CT molecular complexity index is 299. The molecule has 2 unspecified atom stereocenters. The van der Waals surface area contributed by atoms with Gasteiger partial charge in [0.15, 0.2) is 0 Å². The minimum atomic E-state index is -4.39. The summed E-state index contributed by atoms with van der Waals surface area (Å²) in [5.74, 6) is 0. The summed E-state index contributed by atoms with van der Waals surface area (Å²) in [4.78, 5) is 0. The van der Waals surface area contributed by atoms with Gasteiger partial charge in [0.1, 0.15) is 0 Å². The summed E-state index contributed by atoms with van der Waals surface area (Å²) in [6, 6.07) is 0. The number of ether oxygens (including phenoxy) is 1. The summed E-state index contributed by atoms with van der Waals surface area (Å²) < 4.78 is 36.1. The molecule has 0 aliphatic rings. The van der Waals surface area contributed by atoms with Crippen molar-refractivity contribution in [2.24, 2.45) is 0 Å². The van der Waals surface area contributed by atoms with Crippen LogP contribution < -0.4 is 0 Å². The van der Waals surface area contributed by atoms with Gasteiger partial charge in [0, 0.05) is 6.61 Å². The second-order valence-electron chi connectivity index (χ2n) is 3.89. The molecule has 0 heterocycles. The molecule has 102 valence electrons. The molecule has 2 atom stereocenters. The molecule has 0 rings (SSSR count). The molecule has 17 heavy (non-hydrogen) atoms. The van der Waals surface area contributed by atoms with E-state index in [2.05, 4.69) is 6.58 Å². The molecule has 0 saturated carbocycles. The lowest BCUT2D eigenvalue weighted by molar-refractivity contribution is 0.000165. The van der Waals surface area contributed by atoms with E-state index < -0.39 is 21.7 Å². The number of rotatable bonds is 10. The highest BCUT2D eigenvalue weighted by atomic mass is 32.2. The van der Waals surface area contributed by atoms with Crippen LogP contribution in [0.4, 0.5) is 0 Å². The predicted molar refractivity (Wildman–Crippen MR) is 66.3 cm³/mol. The van der Waals surface area contributed by atoms with Crippen molar-refractivity contribution in [2.75, 3.05) is 6.61 Å². The van der Waals surface area contributed by atoms with Gasteiger partial charge < -0.3 is 9.84 Å². The van der Waals surface area contributed by atoms with Crippen molar-refractivity contribution in [2.45, 2.75) is 50.6 Å². The molecule has 0 saturated heterocycles. The van der Waals surface area contributed by atoms with Crippen LogP contribution in [0, 0.1) is 0 Å². The molecule has 0 aromatic carbocycles. The molecule has 0 aromatic heterocycles. The topological polar surface area (TPSA) is 83.8 Å². The fourth-order valence-corrected chi connectivity index (χ4v) is 2.17. The molecular weight excluding hydrogens is 244 g/mol. The third-order valence-corrected chi connectivity index (χ3v) is 3.34. The van der Waals surface area contributed by atoms with Crippen molar-refractivity contribution in [1.29, 1.82) is 0 Å². The molecule has 0 aromatic rings. The quantitative estimate of drug-likeness (QED) is 0.357. The minimum absolute atomic E-state index is 0.196. The zero-order valence-corrected chi connectivity index (χ0v) is 11.0. The van der Waals surface area contributed by atoms with Crippen molar-refractivity contribution in [3.63, 3.8) is 0 Å². The Balaban J connectivity index is 4.29. The van der Waals surface area contributed by atoms with Gasteiger partial charge in [-0.2, -0.15) is 8.42 Å². The largest absolute Gasteiger partial charge is 0.389 e. The standard InChI is InChI=1S/C11H22O5S/c1-3-5-7-9-16-11(17(13,14)15)10(12)8-6-4-2/h4,10-12H,2-3,5-9H2,1H3,(H,13,14,15). The first kappa shape index (κ1) is 16.6. The number of hydrogen-bond donors (Lipinski definition) is 2. The van der Waals surface area contributed by atoms with Crippen molar-refractivity contribution in [1.82, 2.24) is 0 Å². The maximum absolute atomic E-state index is 11.0. The van der Waals surface area contributed by atoms with E-state index in [9.17, 15) is 13.5 Å². The van der Waals surface area contributed by atoms with Crippen molar-refractivity contribution >= 4 is 10.1 Å². The van der Waals surface area contributed by atoms with Gasteiger partial charge in [0.25, 0.3) is 10.1 Å². The van der Waals surface area contributed by atoms with Crippen LogP contribution in [-0.4, -0.2) is 36.2 Å². The zero-order chi connectivity index (χ0) is 13.3. The summed E-state index contributed by atoms with van der Waals surface area (Å²) in [6.45, 7) is 5.70. The van der Waals surface area contributed by atoms with Crippen LogP contribution in [0.5, 0.6) is 0 Å². The monoisotopic (exact) mass is 266 g/mol. The molecule has 0 aliphatic heterocycles. The Labute approximate surface area is 103 Å². The van der Waals surface area contributed by atoms with Crippen molar-refractivity contribution in [3.05, 3.63) is 12.7 Å². The lowest BCUT2D eigenvalue weighted by Gasteiger charge is -2.20. The molecule has 6 heteroatoms. The number of aliphatic hydroxyl groups excluding tert-OH is 1. The SMILES string of the molecule is C=CCCC(O)C(OCCCCC)S(=O)(=O)O. The minimum Gasteiger partial charge on any atom is -0.389 e. The third kappa shape index (κ3) is 7.49.